The highest BCUT2D eigenvalue weighted by molar-refractivity contribution is 5.70. The molecule has 0 bridgehead atoms. The van der Waals surface area contributed by atoms with E-state index in [9.17, 15) is 4.79 Å². The Hall–Kier alpha value is -0.960. The summed E-state index contributed by atoms with van der Waals surface area (Å²) in [6.07, 6.45) is 8.96. The van der Waals surface area contributed by atoms with E-state index in [0.717, 1.165) is 25.9 Å². The number of ether oxygens (including phenoxy) is 1. The fraction of sp³-hybridized carbons (Fsp3) is 0.556. The molecule has 0 aliphatic heterocycles. The predicted molar refractivity (Wildman–Crippen MR) is 49.4 cm³/mol. The second-order valence-corrected chi connectivity index (χ2v) is 2.28. The van der Waals surface area contributed by atoms with E-state index in [1.165, 1.54) is 0 Å². The smallest absolute Gasteiger partial charge is 0.232 e. The quantitative estimate of drug-likeness (QED) is 0.251. The normalized spacial score (nSPS) is 11.4. The van der Waals surface area contributed by atoms with Crippen molar-refractivity contribution in [3.8, 4) is 0 Å². The SMILES string of the molecule is COCCCC=CCC=NC=O. The Morgan fingerprint density at radius 2 is 2.25 bits per heavy atom. The summed E-state index contributed by atoms with van der Waals surface area (Å²) in [5.41, 5.74) is 0. The average molecular weight is 169 g/mol. The molecule has 0 aliphatic carbocycles. The van der Waals surface area contributed by atoms with Crippen molar-refractivity contribution in [3.05, 3.63) is 12.2 Å². The number of methoxy groups -OCH3 is 1. The van der Waals surface area contributed by atoms with E-state index in [0.29, 0.717) is 6.41 Å². The van der Waals surface area contributed by atoms with Crippen molar-refractivity contribution in [1.82, 2.24) is 0 Å². The van der Waals surface area contributed by atoms with Gasteiger partial charge in [-0.05, 0) is 12.8 Å². The minimum atomic E-state index is 0.540. The number of amides is 1. The van der Waals surface area contributed by atoms with Gasteiger partial charge in [0, 0.05) is 26.4 Å². The topological polar surface area (TPSA) is 38.7 Å². The summed E-state index contributed by atoms with van der Waals surface area (Å²) in [5.74, 6) is 0. The lowest BCUT2D eigenvalue weighted by Gasteiger charge is -1.92. The molecule has 0 aromatic carbocycles. The molecule has 0 spiro atoms. The second-order valence-electron chi connectivity index (χ2n) is 2.28. The van der Waals surface area contributed by atoms with Crippen molar-refractivity contribution in [2.45, 2.75) is 19.3 Å². The Morgan fingerprint density at radius 3 is 2.92 bits per heavy atom. The summed E-state index contributed by atoms with van der Waals surface area (Å²) in [6.45, 7) is 0.798. The van der Waals surface area contributed by atoms with Crippen molar-refractivity contribution >= 4 is 12.6 Å². The fourth-order valence-corrected chi connectivity index (χ4v) is 0.724. The maximum absolute atomic E-state index is 9.74. The predicted octanol–water partition coefficient (Wildman–Crippen LogP) is 1.59. The summed E-state index contributed by atoms with van der Waals surface area (Å²) < 4.78 is 4.88. The van der Waals surface area contributed by atoms with Crippen LogP contribution in [-0.4, -0.2) is 26.3 Å². The van der Waals surface area contributed by atoms with Crippen LogP contribution in [0.2, 0.25) is 0 Å². The zero-order valence-corrected chi connectivity index (χ0v) is 7.40. The number of nitrogens with zero attached hydrogens (tertiary/aromatic N) is 1. The molecular weight excluding hydrogens is 154 g/mol. The van der Waals surface area contributed by atoms with E-state index in [1.54, 1.807) is 13.3 Å². The summed E-state index contributed by atoms with van der Waals surface area (Å²) in [6, 6.07) is 0. The van der Waals surface area contributed by atoms with Gasteiger partial charge in [-0.2, -0.15) is 0 Å². The zero-order chi connectivity index (χ0) is 9.07. The monoisotopic (exact) mass is 169 g/mol. The highest BCUT2D eigenvalue weighted by Gasteiger charge is 1.80. The lowest BCUT2D eigenvalue weighted by atomic mass is 10.3. The number of aliphatic imine (C=N–C) groups is 1. The van der Waals surface area contributed by atoms with Crippen LogP contribution in [0.5, 0.6) is 0 Å². The van der Waals surface area contributed by atoms with Crippen LogP contribution >= 0.6 is 0 Å². The van der Waals surface area contributed by atoms with Gasteiger partial charge in [-0.3, -0.25) is 4.79 Å². The molecule has 0 aromatic heterocycles. The highest BCUT2D eigenvalue weighted by Crippen LogP contribution is 1.91. The van der Waals surface area contributed by atoms with Crippen LogP contribution in [0.1, 0.15) is 19.3 Å². The molecule has 0 saturated heterocycles. The summed E-state index contributed by atoms with van der Waals surface area (Å²) in [7, 11) is 1.69. The van der Waals surface area contributed by atoms with Crippen LogP contribution in [0.25, 0.3) is 0 Å². The molecule has 0 unspecified atom stereocenters. The van der Waals surface area contributed by atoms with Gasteiger partial charge in [0.25, 0.3) is 0 Å². The molecule has 68 valence electrons. The summed E-state index contributed by atoms with van der Waals surface area (Å²) >= 11 is 0. The number of carbonyl (C=O) groups is 1. The van der Waals surface area contributed by atoms with E-state index >= 15 is 0 Å². The maximum Gasteiger partial charge on any atom is 0.232 e. The van der Waals surface area contributed by atoms with Gasteiger partial charge in [-0.25, -0.2) is 4.99 Å². The molecule has 1 amide bonds. The van der Waals surface area contributed by atoms with Crippen molar-refractivity contribution in [3.63, 3.8) is 0 Å². The zero-order valence-electron chi connectivity index (χ0n) is 7.40. The first-order valence-electron chi connectivity index (χ1n) is 4.01. The highest BCUT2D eigenvalue weighted by atomic mass is 16.5. The number of hydrogen-bond acceptors (Lipinski definition) is 2. The van der Waals surface area contributed by atoms with Gasteiger partial charge < -0.3 is 4.74 Å². The third kappa shape index (κ3) is 9.04. The molecule has 0 N–H and O–H groups in total. The van der Waals surface area contributed by atoms with Gasteiger partial charge in [0.05, 0.1) is 0 Å². The minimum absolute atomic E-state index is 0.540. The first kappa shape index (κ1) is 11.0. The van der Waals surface area contributed by atoms with Gasteiger partial charge in [0.1, 0.15) is 0 Å². The molecule has 0 aromatic rings. The number of allylic oxidation sites excluding steroid dienone is 2. The van der Waals surface area contributed by atoms with Gasteiger partial charge >= 0.3 is 0 Å². The average Bonchev–Trinajstić information content (AvgIpc) is 2.10. The van der Waals surface area contributed by atoms with E-state index in [4.69, 9.17) is 4.74 Å². The molecule has 3 nitrogen and oxygen atoms in total. The van der Waals surface area contributed by atoms with E-state index in [1.807, 2.05) is 6.08 Å². The molecule has 0 atom stereocenters. The largest absolute Gasteiger partial charge is 0.385 e. The van der Waals surface area contributed by atoms with Crippen LogP contribution < -0.4 is 0 Å². The Bertz CT molecular complexity index is 153. The Labute approximate surface area is 73.1 Å². The van der Waals surface area contributed by atoms with Crippen LogP contribution in [0.3, 0.4) is 0 Å². The van der Waals surface area contributed by atoms with Gasteiger partial charge in [0.2, 0.25) is 6.41 Å². The molecule has 0 radical (unpaired) electrons. The maximum atomic E-state index is 9.74. The second kappa shape index (κ2) is 10.0. The first-order valence-corrected chi connectivity index (χ1v) is 4.01. The first-order chi connectivity index (χ1) is 5.91. The standard InChI is InChI=1S/C9H15NO2/c1-12-8-6-4-2-3-5-7-10-9-11/h2-3,7,9H,4-6,8H2,1H3. The third-order valence-electron chi connectivity index (χ3n) is 1.29. The van der Waals surface area contributed by atoms with E-state index < -0.39 is 0 Å². The van der Waals surface area contributed by atoms with Crippen LogP contribution in [-0.2, 0) is 9.53 Å². The molecular formula is C9H15NO2. The number of carbonyl (C=O) groups excluding carboxylic acids is 1. The van der Waals surface area contributed by atoms with Crippen molar-refractivity contribution < 1.29 is 9.53 Å². The minimum Gasteiger partial charge on any atom is -0.385 e. The molecule has 0 saturated carbocycles. The van der Waals surface area contributed by atoms with Crippen LogP contribution in [0.15, 0.2) is 17.1 Å². The van der Waals surface area contributed by atoms with Gasteiger partial charge in [0.15, 0.2) is 0 Å². The number of rotatable bonds is 7. The summed E-state index contributed by atoms with van der Waals surface area (Å²) in [4.78, 5) is 13.2. The fourth-order valence-electron chi connectivity index (χ4n) is 0.724. The molecule has 3 heteroatoms. The van der Waals surface area contributed by atoms with E-state index in [-0.39, 0.29) is 0 Å². The van der Waals surface area contributed by atoms with Crippen molar-refractivity contribution in [2.24, 2.45) is 4.99 Å². The van der Waals surface area contributed by atoms with Gasteiger partial charge in [-0.15, -0.1) is 0 Å². The van der Waals surface area contributed by atoms with E-state index in [2.05, 4.69) is 11.1 Å². The molecule has 0 rings (SSSR count). The Balaban J connectivity index is 3.14. The number of hydrogen-bond donors (Lipinski definition) is 0. The number of unbranched alkanes of at least 4 members (excludes halogenated alkanes) is 1. The molecule has 12 heavy (non-hydrogen) atoms. The van der Waals surface area contributed by atoms with Crippen molar-refractivity contribution in [1.29, 1.82) is 0 Å². The Kier molecular flexibility index (Phi) is 9.24. The van der Waals surface area contributed by atoms with Gasteiger partial charge in [-0.1, -0.05) is 12.2 Å². The van der Waals surface area contributed by atoms with Crippen LogP contribution in [0.4, 0.5) is 0 Å². The molecule has 0 fully saturated rings. The van der Waals surface area contributed by atoms with Crippen molar-refractivity contribution in [2.75, 3.05) is 13.7 Å². The lowest BCUT2D eigenvalue weighted by Crippen LogP contribution is -1.85. The Morgan fingerprint density at radius 1 is 1.42 bits per heavy atom. The summed E-state index contributed by atoms with van der Waals surface area (Å²) in [5, 5.41) is 0. The lowest BCUT2D eigenvalue weighted by molar-refractivity contribution is -0.106. The van der Waals surface area contributed by atoms with Crippen LogP contribution in [0, 0.1) is 0 Å². The molecule has 0 heterocycles. The third-order valence-corrected chi connectivity index (χ3v) is 1.29. The molecule has 0 aliphatic rings.